The smallest absolute Gasteiger partial charge is 0.212 e. The third-order valence-electron chi connectivity index (χ3n) is 4.27. The van der Waals surface area contributed by atoms with Gasteiger partial charge in [-0.15, -0.1) is 0 Å². The van der Waals surface area contributed by atoms with Crippen LogP contribution >= 0.6 is 0 Å². The first kappa shape index (κ1) is 16.4. The van der Waals surface area contributed by atoms with E-state index >= 15 is 0 Å². The highest BCUT2D eigenvalue weighted by Crippen LogP contribution is 2.21. The van der Waals surface area contributed by atoms with Crippen LogP contribution in [0.15, 0.2) is 66.9 Å². The maximum atomic E-state index is 12.8. The first-order valence-electron chi connectivity index (χ1n) is 8.53. The van der Waals surface area contributed by atoms with Crippen LogP contribution in [-0.2, 0) is 19.3 Å². The van der Waals surface area contributed by atoms with Crippen molar-refractivity contribution in [3.8, 4) is 11.1 Å². The molecule has 0 fully saturated rings. The summed E-state index contributed by atoms with van der Waals surface area (Å²) in [5.41, 5.74) is 6.23. The number of halogens is 1. The molecule has 122 valence electrons. The fraction of sp³-hybridized carbons (Fsp3) is 0.227. The van der Waals surface area contributed by atoms with E-state index in [-0.39, 0.29) is 0 Å². The van der Waals surface area contributed by atoms with Gasteiger partial charge in [0.1, 0.15) is 0 Å². The Morgan fingerprint density at radius 1 is 0.667 bits per heavy atom. The molecule has 3 aromatic rings. The van der Waals surface area contributed by atoms with E-state index in [4.69, 9.17) is 0 Å². The molecule has 2 heteroatoms. The number of aromatic nitrogens is 1. The van der Waals surface area contributed by atoms with Crippen LogP contribution in [0.3, 0.4) is 0 Å². The molecule has 0 aliphatic carbocycles. The van der Waals surface area contributed by atoms with E-state index in [1.54, 1.807) is 12.3 Å². The lowest BCUT2D eigenvalue weighted by Gasteiger charge is -2.06. The summed E-state index contributed by atoms with van der Waals surface area (Å²) in [6.07, 6.45) is 5.73. The average Bonchev–Trinajstić information content (AvgIpc) is 2.63. The molecule has 0 unspecified atom stereocenters. The summed E-state index contributed by atoms with van der Waals surface area (Å²) in [4.78, 5) is 3.70. The van der Waals surface area contributed by atoms with Crippen LogP contribution < -0.4 is 0 Å². The largest absolute Gasteiger partial charge is 0.228 e. The highest BCUT2D eigenvalue weighted by atomic mass is 19.1. The Morgan fingerprint density at radius 3 is 1.67 bits per heavy atom. The molecule has 0 amide bonds. The normalized spacial score (nSPS) is 10.8. The first-order chi connectivity index (χ1) is 11.7. The van der Waals surface area contributed by atoms with Gasteiger partial charge in [0.2, 0.25) is 5.95 Å². The summed E-state index contributed by atoms with van der Waals surface area (Å²) in [7, 11) is 0. The zero-order valence-electron chi connectivity index (χ0n) is 14.0. The lowest BCUT2D eigenvalue weighted by Crippen LogP contribution is -1.93. The molecule has 0 N–H and O–H groups in total. The van der Waals surface area contributed by atoms with Gasteiger partial charge in [-0.05, 0) is 53.1 Å². The zero-order valence-corrected chi connectivity index (χ0v) is 14.0. The van der Waals surface area contributed by atoms with Crippen molar-refractivity contribution in [3.05, 3.63) is 89.5 Å². The predicted octanol–water partition coefficient (Wildman–Crippen LogP) is 5.63. The third-order valence-corrected chi connectivity index (χ3v) is 4.27. The summed E-state index contributed by atoms with van der Waals surface area (Å²) in [6.45, 7) is 2.20. The van der Waals surface area contributed by atoms with Crippen LogP contribution in [-0.4, -0.2) is 4.98 Å². The van der Waals surface area contributed by atoms with E-state index in [9.17, 15) is 4.39 Å². The van der Waals surface area contributed by atoms with E-state index in [2.05, 4.69) is 60.4 Å². The Balaban J connectivity index is 1.63. The van der Waals surface area contributed by atoms with E-state index < -0.39 is 5.95 Å². The molecular weight excluding hydrogens is 297 g/mol. The van der Waals surface area contributed by atoms with Crippen LogP contribution in [0.1, 0.15) is 30.0 Å². The Labute approximate surface area is 143 Å². The highest BCUT2D eigenvalue weighted by Gasteiger charge is 2.01. The monoisotopic (exact) mass is 319 g/mol. The molecule has 3 rings (SSSR count). The lowest BCUT2D eigenvalue weighted by molar-refractivity contribution is 0.582. The van der Waals surface area contributed by atoms with Gasteiger partial charge in [0, 0.05) is 6.20 Å². The van der Waals surface area contributed by atoms with Crippen molar-refractivity contribution in [1.29, 1.82) is 0 Å². The molecule has 2 aromatic carbocycles. The van der Waals surface area contributed by atoms with E-state index in [0.717, 1.165) is 24.8 Å². The summed E-state index contributed by atoms with van der Waals surface area (Å²) >= 11 is 0. The number of hydrogen-bond donors (Lipinski definition) is 0. The van der Waals surface area contributed by atoms with Crippen molar-refractivity contribution in [2.24, 2.45) is 0 Å². The molecule has 0 saturated carbocycles. The van der Waals surface area contributed by atoms with Crippen molar-refractivity contribution < 1.29 is 4.39 Å². The van der Waals surface area contributed by atoms with Gasteiger partial charge in [0.05, 0.1) is 0 Å². The summed E-state index contributed by atoms with van der Waals surface area (Å²) in [5.74, 6) is -0.423. The molecule has 0 aliphatic rings. The number of pyridine rings is 1. The summed E-state index contributed by atoms with van der Waals surface area (Å²) in [6, 6.07) is 20.7. The molecule has 0 atom stereocenters. The molecule has 0 aliphatic heterocycles. The van der Waals surface area contributed by atoms with E-state index in [1.165, 1.54) is 34.7 Å². The van der Waals surface area contributed by atoms with Crippen molar-refractivity contribution in [2.75, 3.05) is 0 Å². The first-order valence-corrected chi connectivity index (χ1v) is 8.53. The quantitative estimate of drug-likeness (QED) is 0.537. The molecule has 0 radical (unpaired) electrons. The van der Waals surface area contributed by atoms with Gasteiger partial charge in [-0.25, -0.2) is 4.98 Å². The van der Waals surface area contributed by atoms with Crippen LogP contribution in [0.4, 0.5) is 4.39 Å². The minimum atomic E-state index is -0.423. The average molecular weight is 319 g/mol. The number of benzene rings is 2. The molecule has 24 heavy (non-hydrogen) atoms. The van der Waals surface area contributed by atoms with Crippen molar-refractivity contribution in [3.63, 3.8) is 0 Å². The predicted molar refractivity (Wildman–Crippen MR) is 97.5 cm³/mol. The van der Waals surface area contributed by atoms with E-state index in [0.29, 0.717) is 0 Å². The number of aryl methyl sites for hydroxylation is 3. The second-order valence-electron chi connectivity index (χ2n) is 6.13. The van der Waals surface area contributed by atoms with Gasteiger partial charge in [-0.1, -0.05) is 67.9 Å². The number of rotatable bonds is 6. The lowest BCUT2D eigenvalue weighted by atomic mass is 9.99. The van der Waals surface area contributed by atoms with Crippen LogP contribution in [0.5, 0.6) is 0 Å². The highest BCUT2D eigenvalue weighted by molar-refractivity contribution is 5.64. The Hall–Kier alpha value is -2.48. The zero-order chi connectivity index (χ0) is 16.8. The van der Waals surface area contributed by atoms with Crippen LogP contribution in [0, 0.1) is 5.95 Å². The standard InChI is InChI=1S/C22H22FN/c1-2-3-17-6-11-20(12-7-17)21-13-8-18(9-14-21)4-5-19-10-15-22(23)24-16-19/h6-16H,2-5H2,1H3. The van der Waals surface area contributed by atoms with Gasteiger partial charge in [0.15, 0.2) is 0 Å². The van der Waals surface area contributed by atoms with E-state index in [1.807, 2.05) is 0 Å². The van der Waals surface area contributed by atoms with Crippen LogP contribution in [0.25, 0.3) is 11.1 Å². The minimum Gasteiger partial charge on any atom is -0.228 e. The molecule has 1 aromatic heterocycles. The SMILES string of the molecule is CCCc1ccc(-c2ccc(CCc3ccc(F)nc3)cc2)cc1. The van der Waals surface area contributed by atoms with Gasteiger partial charge in [-0.2, -0.15) is 4.39 Å². The second-order valence-corrected chi connectivity index (χ2v) is 6.13. The molecular formula is C22H22FN. The van der Waals surface area contributed by atoms with Gasteiger partial charge in [-0.3, -0.25) is 0 Å². The Morgan fingerprint density at radius 2 is 1.17 bits per heavy atom. The van der Waals surface area contributed by atoms with Crippen molar-refractivity contribution >= 4 is 0 Å². The maximum absolute atomic E-state index is 12.8. The van der Waals surface area contributed by atoms with Crippen molar-refractivity contribution in [1.82, 2.24) is 4.98 Å². The van der Waals surface area contributed by atoms with Gasteiger partial charge >= 0.3 is 0 Å². The summed E-state index contributed by atoms with van der Waals surface area (Å²) < 4.78 is 12.8. The minimum absolute atomic E-state index is 0.423. The fourth-order valence-corrected chi connectivity index (χ4v) is 2.86. The topological polar surface area (TPSA) is 12.9 Å². The number of nitrogens with zero attached hydrogens (tertiary/aromatic N) is 1. The number of hydrogen-bond acceptors (Lipinski definition) is 1. The molecule has 0 saturated heterocycles. The molecule has 1 nitrogen and oxygen atoms in total. The third kappa shape index (κ3) is 4.29. The summed E-state index contributed by atoms with van der Waals surface area (Å²) in [5, 5.41) is 0. The second kappa shape index (κ2) is 7.87. The Bertz CT molecular complexity index is 759. The van der Waals surface area contributed by atoms with Gasteiger partial charge in [0.25, 0.3) is 0 Å². The molecule has 0 bridgehead atoms. The van der Waals surface area contributed by atoms with Gasteiger partial charge < -0.3 is 0 Å². The molecule has 1 heterocycles. The van der Waals surface area contributed by atoms with Crippen molar-refractivity contribution in [2.45, 2.75) is 32.6 Å². The molecule has 0 spiro atoms. The van der Waals surface area contributed by atoms with Crippen LogP contribution in [0.2, 0.25) is 0 Å². The maximum Gasteiger partial charge on any atom is 0.212 e. The Kier molecular flexibility index (Phi) is 5.37. The fourth-order valence-electron chi connectivity index (χ4n) is 2.86.